The second-order valence-electron chi connectivity index (χ2n) is 8.98. The van der Waals surface area contributed by atoms with Crippen LogP contribution >= 0.6 is 11.3 Å². The second-order valence-corrected chi connectivity index (χ2v) is 9.98. The summed E-state index contributed by atoms with van der Waals surface area (Å²) in [5.74, 6) is 0.363. The largest absolute Gasteiger partial charge is 0.429 e. The first-order chi connectivity index (χ1) is 15.7. The predicted octanol–water partition coefficient (Wildman–Crippen LogP) is 6.90. The third-order valence-electron chi connectivity index (χ3n) is 6.27. The number of benzene rings is 2. The van der Waals surface area contributed by atoms with Crippen molar-refractivity contribution in [3.8, 4) is 21.7 Å². The molecule has 0 bridgehead atoms. The molecule has 0 spiro atoms. The first-order valence-electron chi connectivity index (χ1n) is 10.9. The first-order valence-corrected chi connectivity index (χ1v) is 11.7. The minimum atomic E-state index is -4.39. The smallest absolute Gasteiger partial charge is 0.390 e. The average molecular weight is 469 g/mol. The molecule has 1 saturated carbocycles. The van der Waals surface area contributed by atoms with E-state index in [9.17, 15) is 18.3 Å². The van der Waals surface area contributed by atoms with E-state index in [4.69, 9.17) is 4.98 Å². The van der Waals surface area contributed by atoms with Gasteiger partial charge in [-0.3, -0.25) is 4.99 Å². The number of rotatable bonds is 4. The summed E-state index contributed by atoms with van der Waals surface area (Å²) in [5.41, 5.74) is 3.41. The molecule has 2 aliphatic rings. The van der Waals surface area contributed by atoms with Gasteiger partial charge in [0.1, 0.15) is 10.7 Å². The molecule has 3 aromatic rings. The zero-order valence-corrected chi connectivity index (χ0v) is 18.9. The van der Waals surface area contributed by atoms with Gasteiger partial charge < -0.3 is 5.11 Å². The van der Waals surface area contributed by atoms with Gasteiger partial charge in [0, 0.05) is 17.6 Å². The minimum absolute atomic E-state index is 0.0173. The Morgan fingerprint density at radius 2 is 1.70 bits per heavy atom. The zero-order chi connectivity index (χ0) is 23.2. The molecule has 0 radical (unpaired) electrons. The lowest BCUT2D eigenvalue weighted by Gasteiger charge is -2.41. The van der Waals surface area contributed by atoms with Crippen LogP contribution in [0, 0.1) is 0 Å². The molecule has 1 aromatic heterocycles. The van der Waals surface area contributed by atoms with Crippen molar-refractivity contribution in [1.82, 2.24) is 4.98 Å². The Kier molecular flexibility index (Phi) is 5.49. The van der Waals surface area contributed by atoms with Crippen molar-refractivity contribution < 1.29 is 18.3 Å². The fraction of sp³-hybridized carbons (Fsp3) is 0.308. The highest BCUT2D eigenvalue weighted by Gasteiger charge is 2.39. The Morgan fingerprint density at radius 1 is 1.00 bits per heavy atom. The third kappa shape index (κ3) is 4.52. The number of thiazole rings is 1. The summed E-state index contributed by atoms with van der Waals surface area (Å²) in [7, 11) is 0. The van der Waals surface area contributed by atoms with Crippen LogP contribution in [0.4, 0.5) is 13.2 Å². The van der Waals surface area contributed by atoms with Crippen molar-refractivity contribution in [2.24, 2.45) is 4.99 Å². The van der Waals surface area contributed by atoms with Crippen LogP contribution in [-0.4, -0.2) is 34.1 Å². The van der Waals surface area contributed by atoms with Gasteiger partial charge in [-0.25, -0.2) is 4.98 Å². The molecule has 0 amide bonds. The third-order valence-corrected chi connectivity index (χ3v) is 7.45. The van der Waals surface area contributed by atoms with Crippen LogP contribution in [0.15, 0.2) is 65.7 Å². The summed E-state index contributed by atoms with van der Waals surface area (Å²) in [6, 6.07) is 18.2. The molecule has 1 aliphatic heterocycles. The Balaban J connectivity index is 1.47. The quantitative estimate of drug-likeness (QED) is 0.453. The van der Waals surface area contributed by atoms with Crippen molar-refractivity contribution in [1.29, 1.82) is 0 Å². The summed E-state index contributed by atoms with van der Waals surface area (Å²) >= 11 is 1.49. The Morgan fingerprint density at radius 3 is 2.27 bits per heavy atom. The van der Waals surface area contributed by atoms with Gasteiger partial charge in [-0.1, -0.05) is 60.7 Å². The first kappa shape index (κ1) is 22.0. The lowest BCUT2D eigenvalue weighted by molar-refractivity contribution is -0.0602. The van der Waals surface area contributed by atoms with Gasteiger partial charge >= 0.3 is 6.18 Å². The van der Waals surface area contributed by atoms with Crippen molar-refractivity contribution in [3.05, 3.63) is 71.2 Å². The lowest BCUT2D eigenvalue weighted by atomic mass is 9.69. The zero-order valence-electron chi connectivity index (χ0n) is 18.1. The number of dihydropyridines is 1. The summed E-state index contributed by atoms with van der Waals surface area (Å²) in [6.45, 7) is 1.85. The number of aromatic nitrogens is 1. The van der Waals surface area contributed by atoms with E-state index >= 15 is 0 Å². The summed E-state index contributed by atoms with van der Waals surface area (Å²) in [5, 5.41) is 10.7. The van der Waals surface area contributed by atoms with Crippen molar-refractivity contribution in [3.63, 3.8) is 0 Å². The summed E-state index contributed by atoms with van der Waals surface area (Å²) in [4.78, 5) is 9.61. The van der Waals surface area contributed by atoms with Gasteiger partial charge in [0.2, 0.25) is 0 Å². The van der Waals surface area contributed by atoms with E-state index in [2.05, 4.69) is 17.1 Å². The van der Waals surface area contributed by atoms with E-state index in [1.54, 1.807) is 6.08 Å². The molecular weight excluding hydrogens is 445 g/mol. The molecule has 0 atom stereocenters. The standard InChI is InChI=1S/C26H23F3N2OS/c1-25(32)13-20(14-25)16-7-9-17(10-8-16)22-23(18-5-3-2-4-6-18)33-24(31-22)19-11-12-21(30-15-19)26(27,28)29/h2-11,20,32H,12-15H2,1H3. The van der Waals surface area contributed by atoms with Gasteiger partial charge in [-0.05, 0) is 36.8 Å². The van der Waals surface area contributed by atoms with E-state index in [1.165, 1.54) is 16.9 Å². The van der Waals surface area contributed by atoms with Crippen molar-refractivity contribution in [2.75, 3.05) is 6.54 Å². The second kappa shape index (κ2) is 8.22. The van der Waals surface area contributed by atoms with Gasteiger partial charge in [-0.15, -0.1) is 11.3 Å². The highest BCUT2D eigenvalue weighted by molar-refractivity contribution is 7.16. The fourth-order valence-electron chi connectivity index (χ4n) is 4.48. The van der Waals surface area contributed by atoms with Crippen LogP contribution in [-0.2, 0) is 0 Å². The Bertz CT molecular complexity index is 1220. The molecule has 1 fully saturated rings. The Labute approximate surface area is 194 Å². The van der Waals surface area contributed by atoms with Crippen LogP contribution in [0.5, 0.6) is 0 Å². The summed E-state index contributed by atoms with van der Waals surface area (Å²) in [6.07, 6.45) is -1.50. The minimum Gasteiger partial charge on any atom is -0.390 e. The van der Waals surface area contributed by atoms with E-state index < -0.39 is 17.5 Å². The van der Waals surface area contributed by atoms with Gasteiger partial charge in [0.05, 0.1) is 22.7 Å². The van der Waals surface area contributed by atoms with Crippen LogP contribution in [0.1, 0.15) is 42.7 Å². The SMILES string of the molecule is CC1(O)CC(c2ccc(-c3nc(C4=CCC(C(F)(F)F)=NC4)sc3-c3ccccc3)cc2)C1. The fourth-order valence-corrected chi connectivity index (χ4v) is 5.60. The predicted molar refractivity (Wildman–Crippen MR) is 127 cm³/mol. The maximum Gasteiger partial charge on any atom is 0.429 e. The normalized spacial score (nSPS) is 23.0. The van der Waals surface area contributed by atoms with Crippen LogP contribution in [0.3, 0.4) is 0 Å². The molecule has 1 aliphatic carbocycles. The molecule has 170 valence electrons. The van der Waals surface area contributed by atoms with E-state index in [0.29, 0.717) is 10.9 Å². The van der Waals surface area contributed by atoms with Gasteiger partial charge in [0.25, 0.3) is 0 Å². The van der Waals surface area contributed by atoms with Crippen LogP contribution < -0.4 is 0 Å². The molecule has 2 heterocycles. The van der Waals surface area contributed by atoms with Crippen molar-refractivity contribution in [2.45, 2.75) is 43.9 Å². The highest BCUT2D eigenvalue weighted by atomic mass is 32.1. The van der Waals surface area contributed by atoms with Crippen LogP contribution in [0.2, 0.25) is 0 Å². The van der Waals surface area contributed by atoms with Crippen LogP contribution in [0.25, 0.3) is 27.3 Å². The van der Waals surface area contributed by atoms with Crippen molar-refractivity contribution >= 4 is 22.6 Å². The molecule has 7 heteroatoms. The Hall–Kier alpha value is -2.77. The van der Waals surface area contributed by atoms with E-state index in [1.807, 2.05) is 49.4 Å². The maximum atomic E-state index is 13.0. The molecule has 2 aromatic carbocycles. The topological polar surface area (TPSA) is 45.5 Å². The molecule has 3 nitrogen and oxygen atoms in total. The highest BCUT2D eigenvalue weighted by Crippen LogP contribution is 2.45. The molecule has 5 rings (SSSR count). The molecule has 33 heavy (non-hydrogen) atoms. The van der Waals surface area contributed by atoms with E-state index in [-0.39, 0.29) is 13.0 Å². The molecule has 1 N–H and O–H groups in total. The monoisotopic (exact) mass is 468 g/mol. The van der Waals surface area contributed by atoms with Gasteiger partial charge in [0.15, 0.2) is 0 Å². The number of halogens is 3. The number of alkyl halides is 3. The number of nitrogens with zero attached hydrogens (tertiary/aromatic N) is 2. The maximum absolute atomic E-state index is 13.0. The molecule has 0 saturated heterocycles. The average Bonchev–Trinajstić information content (AvgIpc) is 3.23. The number of allylic oxidation sites excluding steroid dienone is 1. The lowest BCUT2D eigenvalue weighted by Crippen LogP contribution is -2.39. The number of hydrogen-bond donors (Lipinski definition) is 1. The van der Waals surface area contributed by atoms with E-state index in [0.717, 1.165) is 40.1 Å². The summed E-state index contributed by atoms with van der Waals surface area (Å²) < 4.78 is 38.9. The number of aliphatic hydroxyl groups is 1. The van der Waals surface area contributed by atoms with Gasteiger partial charge in [-0.2, -0.15) is 13.2 Å². The number of aliphatic imine (C=N–C) groups is 1. The number of hydrogen-bond acceptors (Lipinski definition) is 4. The molecular formula is C26H23F3N2OS. The molecule has 0 unspecified atom stereocenters.